The molecular formula is C17H20N2O3S. The molecule has 5 nitrogen and oxygen atoms in total. The van der Waals surface area contributed by atoms with Gasteiger partial charge < -0.3 is 9.64 Å². The van der Waals surface area contributed by atoms with Gasteiger partial charge in [0.2, 0.25) is 0 Å². The molecule has 0 fully saturated rings. The van der Waals surface area contributed by atoms with Crippen LogP contribution in [0.25, 0.3) is 0 Å². The number of hydrogen-bond donors (Lipinski definition) is 0. The Kier molecular flexibility index (Phi) is 5.87. The number of carbonyl (C=O) groups is 2. The predicted molar refractivity (Wildman–Crippen MR) is 89.1 cm³/mol. The Bertz CT molecular complexity index is 669. The zero-order chi connectivity index (χ0) is 16.8. The van der Waals surface area contributed by atoms with Gasteiger partial charge >= 0.3 is 5.97 Å². The topological polar surface area (TPSA) is 59.5 Å². The highest BCUT2D eigenvalue weighted by molar-refractivity contribution is 7.09. The van der Waals surface area contributed by atoms with E-state index in [1.54, 1.807) is 11.9 Å². The molecule has 122 valence electrons. The first-order valence-electron chi connectivity index (χ1n) is 7.34. The number of amides is 1. The van der Waals surface area contributed by atoms with Gasteiger partial charge in [-0.15, -0.1) is 11.3 Å². The third-order valence-electron chi connectivity index (χ3n) is 3.60. The fourth-order valence-corrected chi connectivity index (χ4v) is 2.72. The normalized spacial score (nSPS) is 11.8. The minimum absolute atomic E-state index is 0.0800. The summed E-state index contributed by atoms with van der Waals surface area (Å²) in [6.45, 7) is 3.56. The van der Waals surface area contributed by atoms with Gasteiger partial charge in [0.25, 0.3) is 5.91 Å². The summed E-state index contributed by atoms with van der Waals surface area (Å²) in [5.74, 6) is -0.673. The number of hydrogen-bond acceptors (Lipinski definition) is 5. The van der Waals surface area contributed by atoms with E-state index in [2.05, 4.69) is 4.98 Å². The van der Waals surface area contributed by atoms with Crippen molar-refractivity contribution in [1.82, 2.24) is 9.88 Å². The van der Waals surface area contributed by atoms with Crippen LogP contribution in [0.2, 0.25) is 0 Å². The SMILES string of the molecule is Cc1nc(CC(=O)OCC(=O)N(C)C(C)c2ccccc2)cs1. The highest BCUT2D eigenvalue weighted by Crippen LogP contribution is 2.18. The minimum Gasteiger partial charge on any atom is -0.455 e. The molecule has 0 saturated carbocycles. The molecule has 0 bridgehead atoms. The summed E-state index contributed by atoms with van der Waals surface area (Å²) in [5.41, 5.74) is 1.71. The number of ether oxygens (including phenoxy) is 1. The van der Waals surface area contributed by atoms with Crippen LogP contribution in [0.15, 0.2) is 35.7 Å². The maximum Gasteiger partial charge on any atom is 0.312 e. The number of aromatic nitrogens is 1. The van der Waals surface area contributed by atoms with Crippen molar-refractivity contribution in [2.45, 2.75) is 26.3 Å². The van der Waals surface area contributed by atoms with Gasteiger partial charge in [-0.1, -0.05) is 30.3 Å². The standard InChI is InChI=1S/C17H20N2O3S/c1-12(14-7-5-4-6-8-14)19(3)16(20)10-22-17(21)9-15-11-23-13(2)18-15/h4-8,11-12H,9-10H2,1-3H3. The van der Waals surface area contributed by atoms with Gasteiger partial charge in [-0.2, -0.15) is 0 Å². The van der Waals surface area contributed by atoms with Gasteiger partial charge in [-0.25, -0.2) is 4.98 Å². The third kappa shape index (κ3) is 4.89. The fourth-order valence-electron chi connectivity index (χ4n) is 2.10. The quantitative estimate of drug-likeness (QED) is 0.763. The van der Waals surface area contributed by atoms with Gasteiger partial charge in [0, 0.05) is 12.4 Å². The molecule has 0 aliphatic carbocycles. The minimum atomic E-state index is -0.440. The van der Waals surface area contributed by atoms with Crippen LogP contribution < -0.4 is 0 Å². The molecule has 23 heavy (non-hydrogen) atoms. The van der Waals surface area contributed by atoms with Crippen molar-refractivity contribution in [3.05, 3.63) is 52.0 Å². The number of aryl methyl sites for hydroxylation is 1. The number of esters is 1. The summed E-state index contributed by atoms with van der Waals surface area (Å²) in [4.78, 5) is 29.7. The summed E-state index contributed by atoms with van der Waals surface area (Å²) in [6.07, 6.45) is 0.0928. The van der Waals surface area contributed by atoms with Crippen LogP contribution in [0.3, 0.4) is 0 Å². The van der Waals surface area contributed by atoms with Crippen molar-refractivity contribution in [2.24, 2.45) is 0 Å². The zero-order valence-electron chi connectivity index (χ0n) is 13.5. The maximum atomic E-state index is 12.2. The first-order valence-corrected chi connectivity index (χ1v) is 8.22. The van der Waals surface area contributed by atoms with Crippen molar-refractivity contribution < 1.29 is 14.3 Å². The summed E-state index contributed by atoms with van der Waals surface area (Å²) in [5, 5.41) is 2.72. The van der Waals surface area contributed by atoms with E-state index < -0.39 is 5.97 Å². The molecule has 0 spiro atoms. The van der Waals surface area contributed by atoms with E-state index >= 15 is 0 Å². The molecule has 6 heteroatoms. The van der Waals surface area contributed by atoms with Gasteiger partial charge in [0.15, 0.2) is 6.61 Å². The van der Waals surface area contributed by atoms with E-state index in [0.717, 1.165) is 10.6 Å². The number of thiazole rings is 1. The molecule has 1 unspecified atom stereocenters. The van der Waals surface area contributed by atoms with E-state index in [0.29, 0.717) is 5.69 Å². The Morgan fingerprint density at radius 1 is 1.30 bits per heavy atom. The van der Waals surface area contributed by atoms with Crippen molar-refractivity contribution in [3.63, 3.8) is 0 Å². The van der Waals surface area contributed by atoms with Crippen LogP contribution in [0.5, 0.6) is 0 Å². The molecule has 0 radical (unpaired) electrons. The molecule has 1 aromatic carbocycles. The number of likely N-dealkylation sites (N-methyl/N-ethyl adjacent to an activating group) is 1. The summed E-state index contributed by atoms with van der Waals surface area (Å²) in [7, 11) is 1.71. The molecule has 2 aromatic rings. The van der Waals surface area contributed by atoms with Crippen LogP contribution in [0.1, 0.15) is 29.2 Å². The van der Waals surface area contributed by atoms with Crippen LogP contribution in [-0.4, -0.2) is 35.4 Å². The second-order valence-corrected chi connectivity index (χ2v) is 6.35. The highest BCUT2D eigenvalue weighted by Gasteiger charge is 2.19. The highest BCUT2D eigenvalue weighted by atomic mass is 32.1. The number of carbonyl (C=O) groups excluding carboxylic acids is 2. The van der Waals surface area contributed by atoms with Crippen LogP contribution in [0.4, 0.5) is 0 Å². The van der Waals surface area contributed by atoms with Crippen LogP contribution in [0, 0.1) is 6.92 Å². The average Bonchev–Trinajstić information content (AvgIpc) is 2.96. The van der Waals surface area contributed by atoms with Crippen molar-refractivity contribution in [1.29, 1.82) is 0 Å². The smallest absolute Gasteiger partial charge is 0.312 e. The second kappa shape index (κ2) is 7.87. The molecule has 0 saturated heterocycles. The second-order valence-electron chi connectivity index (χ2n) is 5.29. The maximum absolute atomic E-state index is 12.2. The molecule has 2 rings (SSSR count). The van der Waals surface area contributed by atoms with E-state index in [4.69, 9.17) is 4.74 Å². The first kappa shape index (κ1) is 17.1. The van der Waals surface area contributed by atoms with Gasteiger partial charge in [-0.3, -0.25) is 9.59 Å². The summed E-state index contributed by atoms with van der Waals surface area (Å²) < 4.78 is 5.06. The largest absolute Gasteiger partial charge is 0.455 e. The number of benzene rings is 1. The number of nitrogens with zero attached hydrogens (tertiary/aromatic N) is 2. The monoisotopic (exact) mass is 332 g/mol. The molecule has 1 heterocycles. The zero-order valence-corrected chi connectivity index (χ0v) is 14.3. The molecule has 1 atom stereocenters. The molecule has 0 N–H and O–H groups in total. The van der Waals surface area contributed by atoms with E-state index in [1.807, 2.05) is 49.6 Å². The lowest BCUT2D eigenvalue weighted by atomic mass is 10.1. The van der Waals surface area contributed by atoms with Gasteiger partial charge in [-0.05, 0) is 19.4 Å². The number of rotatable bonds is 6. The molecule has 1 amide bonds. The Labute approximate surface area is 139 Å². The lowest BCUT2D eigenvalue weighted by Gasteiger charge is -2.25. The van der Waals surface area contributed by atoms with Crippen LogP contribution in [-0.2, 0) is 20.7 Å². The van der Waals surface area contributed by atoms with Crippen LogP contribution >= 0.6 is 11.3 Å². The average molecular weight is 332 g/mol. The van der Waals surface area contributed by atoms with Gasteiger partial charge in [0.1, 0.15) is 0 Å². The third-order valence-corrected chi connectivity index (χ3v) is 4.43. The van der Waals surface area contributed by atoms with Crippen molar-refractivity contribution in [3.8, 4) is 0 Å². The molecule has 0 aliphatic rings. The van der Waals surface area contributed by atoms with E-state index in [-0.39, 0.29) is 25.0 Å². The summed E-state index contributed by atoms with van der Waals surface area (Å²) in [6, 6.07) is 9.64. The molecule has 0 aliphatic heterocycles. The Hall–Kier alpha value is -2.21. The predicted octanol–water partition coefficient (Wildman–Crippen LogP) is 2.76. The van der Waals surface area contributed by atoms with E-state index in [9.17, 15) is 9.59 Å². The Morgan fingerprint density at radius 3 is 2.61 bits per heavy atom. The summed E-state index contributed by atoms with van der Waals surface area (Å²) >= 11 is 1.48. The molecule has 1 aromatic heterocycles. The van der Waals surface area contributed by atoms with Gasteiger partial charge in [0.05, 0.1) is 23.2 Å². The Morgan fingerprint density at radius 2 is 2.00 bits per heavy atom. The first-order chi connectivity index (χ1) is 11.0. The Balaban J connectivity index is 1.82. The lowest BCUT2D eigenvalue weighted by molar-refractivity contribution is -0.151. The van der Waals surface area contributed by atoms with E-state index in [1.165, 1.54) is 11.3 Å². The van der Waals surface area contributed by atoms with Crippen molar-refractivity contribution >= 4 is 23.2 Å². The fraction of sp³-hybridized carbons (Fsp3) is 0.353. The lowest BCUT2D eigenvalue weighted by Crippen LogP contribution is -2.33. The molecular weight excluding hydrogens is 312 g/mol. The van der Waals surface area contributed by atoms with Crippen molar-refractivity contribution in [2.75, 3.05) is 13.7 Å².